The number of aliphatic hydroxyl groups excluding tert-OH is 1. The van der Waals surface area contributed by atoms with E-state index in [1.54, 1.807) is 6.20 Å². The van der Waals surface area contributed by atoms with Crippen LogP contribution in [0, 0.1) is 3.57 Å². The van der Waals surface area contributed by atoms with Crippen molar-refractivity contribution in [2.24, 2.45) is 0 Å². The molecule has 132 valence electrons. The summed E-state index contributed by atoms with van der Waals surface area (Å²) in [4.78, 5) is 25.4. The number of anilines is 1. The minimum atomic E-state index is -4.76. The number of phosphoric acid groups is 1. The van der Waals surface area contributed by atoms with Crippen LogP contribution in [0.5, 0.6) is 0 Å². The number of hydrogen-bond donors (Lipinski definition) is 4. The third-order valence-electron chi connectivity index (χ3n) is 3.57. The van der Waals surface area contributed by atoms with Crippen LogP contribution in [0.2, 0.25) is 0 Å². The zero-order valence-corrected chi connectivity index (χ0v) is 14.9. The van der Waals surface area contributed by atoms with E-state index in [4.69, 9.17) is 20.3 Å². The second-order valence-corrected chi connectivity index (χ2v) is 7.53. The van der Waals surface area contributed by atoms with E-state index in [1.807, 2.05) is 22.6 Å². The third-order valence-corrected chi connectivity index (χ3v) is 4.87. The van der Waals surface area contributed by atoms with Crippen LogP contribution in [0.15, 0.2) is 12.5 Å². The number of hydrogen-bond acceptors (Lipinski definition) is 7. The van der Waals surface area contributed by atoms with Crippen molar-refractivity contribution in [2.45, 2.75) is 24.6 Å². The van der Waals surface area contributed by atoms with E-state index in [1.165, 1.54) is 10.9 Å². The Balaban J connectivity index is 1.90. The standard InChI is InChI=1S/C11H13FIN4O6P/c12-7-8(18)5(2-22-24(19,20)21)23-11(7)17-1-4(13)6-9(14)15-3-16-10(6)17/h1,3,5,7-8,11,18H,2H2,(H2,14,15,16)(H2,19,20,21)/t5-,7?,8+,11-/m1/s1. The first-order valence-electron chi connectivity index (χ1n) is 6.63. The van der Waals surface area contributed by atoms with Gasteiger partial charge in [-0.1, -0.05) is 0 Å². The normalized spacial score (nSPS) is 27.9. The molecular formula is C11H13FIN4O6P. The van der Waals surface area contributed by atoms with E-state index in [2.05, 4.69) is 14.5 Å². The Hall–Kier alpha value is -0.890. The molecule has 10 nitrogen and oxygen atoms in total. The van der Waals surface area contributed by atoms with Crippen LogP contribution in [0.3, 0.4) is 0 Å². The molecular weight excluding hydrogens is 461 g/mol. The summed E-state index contributed by atoms with van der Waals surface area (Å²) in [6, 6.07) is 0. The highest BCUT2D eigenvalue weighted by Gasteiger charge is 2.46. The Kier molecular flexibility index (Phi) is 4.81. The number of rotatable bonds is 4. The minimum Gasteiger partial charge on any atom is -0.387 e. The fourth-order valence-electron chi connectivity index (χ4n) is 2.49. The van der Waals surface area contributed by atoms with Crippen LogP contribution >= 0.6 is 30.4 Å². The Bertz CT molecular complexity index is 815. The Morgan fingerprint density at radius 3 is 2.88 bits per heavy atom. The highest BCUT2D eigenvalue weighted by molar-refractivity contribution is 14.1. The molecule has 1 saturated heterocycles. The van der Waals surface area contributed by atoms with Crippen molar-refractivity contribution in [1.82, 2.24) is 14.5 Å². The average molecular weight is 474 g/mol. The van der Waals surface area contributed by atoms with Gasteiger partial charge in [-0.3, -0.25) is 4.52 Å². The molecule has 1 fully saturated rings. The minimum absolute atomic E-state index is 0.221. The first-order valence-corrected chi connectivity index (χ1v) is 9.24. The van der Waals surface area contributed by atoms with E-state index < -0.39 is 39.0 Å². The van der Waals surface area contributed by atoms with Gasteiger partial charge in [-0.05, 0) is 22.6 Å². The molecule has 3 heterocycles. The number of fused-ring (bicyclic) bond motifs is 1. The van der Waals surface area contributed by atoms with Gasteiger partial charge in [0, 0.05) is 9.77 Å². The second kappa shape index (κ2) is 6.44. The number of aromatic nitrogens is 3. The van der Waals surface area contributed by atoms with Gasteiger partial charge >= 0.3 is 7.82 Å². The molecule has 0 spiro atoms. The summed E-state index contributed by atoms with van der Waals surface area (Å²) in [5, 5.41) is 10.4. The first-order chi connectivity index (χ1) is 11.2. The molecule has 2 aromatic heterocycles. The molecule has 1 aliphatic rings. The quantitative estimate of drug-likeness (QED) is 0.363. The predicted molar refractivity (Wildman–Crippen MR) is 87.5 cm³/mol. The van der Waals surface area contributed by atoms with Crippen LogP contribution in [-0.4, -0.2) is 54.4 Å². The molecule has 0 saturated carbocycles. The summed E-state index contributed by atoms with van der Waals surface area (Å²) in [5.74, 6) is 0.221. The summed E-state index contributed by atoms with van der Waals surface area (Å²) < 4.78 is 36.9. The van der Waals surface area contributed by atoms with Gasteiger partial charge in [0.1, 0.15) is 30.0 Å². The fraction of sp³-hybridized carbons (Fsp3) is 0.455. The zero-order valence-electron chi connectivity index (χ0n) is 11.9. The summed E-state index contributed by atoms with van der Waals surface area (Å²) in [7, 11) is -4.76. The van der Waals surface area contributed by atoms with E-state index >= 15 is 0 Å². The van der Waals surface area contributed by atoms with Gasteiger partial charge in [0.15, 0.2) is 12.4 Å². The van der Waals surface area contributed by atoms with Gasteiger partial charge in [0.2, 0.25) is 0 Å². The lowest BCUT2D eigenvalue weighted by Crippen LogP contribution is -2.31. The first kappa shape index (κ1) is 17.9. The molecule has 5 N–H and O–H groups in total. The lowest BCUT2D eigenvalue weighted by Gasteiger charge is -2.16. The number of nitrogens with zero attached hydrogens (tertiary/aromatic N) is 3. The van der Waals surface area contributed by atoms with Crippen LogP contribution < -0.4 is 5.73 Å². The smallest absolute Gasteiger partial charge is 0.387 e. The van der Waals surface area contributed by atoms with Crippen molar-refractivity contribution in [1.29, 1.82) is 0 Å². The van der Waals surface area contributed by atoms with E-state index in [0.29, 0.717) is 14.6 Å². The highest BCUT2D eigenvalue weighted by atomic mass is 127. The van der Waals surface area contributed by atoms with Gasteiger partial charge < -0.3 is 29.9 Å². The van der Waals surface area contributed by atoms with Crippen LogP contribution in [0.4, 0.5) is 10.2 Å². The van der Waals surface area contributed by atoms with Gasteiger partial charge in [0.05, 0.1) is 12.0 Å². The van der Waals surface area contributed by atoms with Gasteiger partial charge in [-0.15, -0.1) is 0 Å². The number of nitrogens with two attached hydrogens (primary N) is 1. The van der Waals surface area contributed by atoms with Crippen LogP contribution in [0.1, 0.15) is 6.23 Å². The summed E-state index contributed by atoms with van der Waals surface area (Å²) >= 11 is 1.99. The molecule has 24 heavy (non-hydrogen) atoms. The lowest BCUT2D eigenvalue weighted by molar-refractivity contribution is -0.0450. The molecule has 0 aliphatic carbocycles. The average Bonchev–Trinajstić information content (AvgIpc) is 2.96. The monoisotopic (exact) mass is 474 g/mol. The highest BCUT2D eigenvalue weighted by Crippen LogP contribution is 2.40. The Morgan fingerprint density at radius 1 is 1.50 bits per heavy atom. The molecule has 4 atom stereocenters. The lowest BCUT2D eigenvalue weighted by atomic mass is 10.1. The number of halogens is 2. The Morgan fingerprint density at radius 2 is 2.21 bits per heavy atom. The zero-order chi connectivity index (χ0) is 17.6. The van der Waals surface area contributed by atoms with Crippen molar-refractivity contribution >= 4 is 47.3 Å². The van der Waals surface area contributed by atoms with Gasteiger partial charge in [0.25, 0.3) is 0 Å². The Labute approximate surface area is 148 Å². The molecule has 1 aliphatic heterocycles. The van der Waals surface area contributed by atoms with E-state index in [-0.39, 0.29) is 5.82 Å². The summed E-state index contributed by atoms with van der Waals surface area (Å²) in [5.41, 5.74) is 6.12. The molecule has 0 aromatic carbocycles. The van der Waals surface area contributed by atoms with Crippen LogP contribution in [0.25, 0.3) is 11.0 Å². The summed E-state index contributed by atoms with van der Waals surface area (Å²) in [6.45, 7) is -0.657. The van der Waals surface area contributed by atoms with Crippen molar-refractivity contribution in [2.75, 3.05) is 12.3 Å². The SMILES string of the molecule is Nc1ncnc2c1c(I)cn2[C@@H]1O[C@H](COP(=O)(O)O)[C@H](O)C1F. The number of ether oxygens (including phenoxy) is 1. The van der Waals surface area contributed by atoms with Crippen LogP contribution in [-0.2, 0) is 13.8 Å². The topological polar surface area (TPSA) is 153 Å². The fourth-order valence-corrected chi connectivity index (χ4v) is 3.65. The summed E-state index contributed by atoms with van der Waals surface area (Å²) in [6.07, 6.45) is -3.18. The molecule has 3 rings (SSSR count). The number of nitrogen functional groups attached to an aromatic ring is 1. The number of alkyl halides is 1. The maximum absolute atomic E-state index is 14.5. The number of aliphatic hydroxyl groups is 1. The molecule has 2 aromatic rings. The van der Waals surface area contributed by atoms with Crippen molar-refractivity contribution in [3.63, 3.8) is 0 Å². The maximum atomic E-state index is 14.5. The third kappa shape index (κ3) is 3.27. The van der Waals surface area contributed by atoms with E-state index in [9.17, 15) is 14.1 Å². The second-order valence-electron chi connectivity index (χ2n) is 5.13. The predicted octanol–water partition coefficient (Wildman–Crippen LogP) is 0.324. The van der Waals surface area contributed by atoms with Crippen molar-refractivity contribution in [3.05, 3.63) is 16.1 Å². The van der Waals surface area contributed by atoms with E-state index in [0.717, 1.165) is 0 Å². The molecule has 13 heteroatoms. The van der Waals surface area contributed by atoms with Gasteiger partial charge in [-0.25, -0.2) is 18.9 Å². The molecule has 0 radical (unpaired) electrons. The molecule has 0 bridgehead atoms. The molecule has 1 unspecified atom stereocenters. The van der Waals surface area contributed by atoms with Crippen molar-refractivity contribution in [3.8, 4) is 0 Å². The van der Waals surface area contributed by atoms with Crippen molar-refractivity contribution < 1.29 is 33.1 Å². The largest absolute Gasteiger partial charge is 0.469 e. The number of phosphoric ester groups is 1. The maximum Gasteiger partial charge on any atom is 0.469 e. The van der Waals surface area contributed by atoms with Gasteiger partial charge in [-0.2, -0.15) is 0 Å². The molecule has 0 amide bonds.